The molecule has 3 N–H and O–H groups in total. The van der Waals surface area contributed by atoms with Gasteiger partial charge in [-0.05, 0) is 18.2 Å². The zero-order chi connectivity index (χ0) is 14.9. The molecule has 0 radical (unpaired) electrons. The Bertz CT molecular complexity index is 723. The summed E-state index contributed by atoms with van der Waals surface area (Å²) in [6, 6.07) is 4.55. The van der Waals surface area contributed by atoms with Gasteiger partial charge in [-0.15, -0.1) is 0 Å². The molecule has 0 bridgehead atoms. The number of nitrogens with two attached hydrogens (primary N) is 1. The van der Waals surface area contributed by atoms with Crippen molar-refractivity contribution in [3.63, 3.8) is 0 Å². The minimum atomic E-state index is -3.84. The number of methoxy groups -OCH3 is 1. The highest BCUT2D eigenvalue weighted by atomic mass is 35.5. The van der Waals surface area contributed by atoms with Gasteiger partial charge in [-0.25, -0.2) is 4.98 Å². The van der Waals surface area contributed by atoms with E-state index in [1.807, 2.05) is 0 Å². The molecule has 108 valence electrons. The number of nitrogens with zero attached hydrogens (tertiary/aromatic N) is 2. The molecule has 7 nitrogen and oxygen atoms in total. The predicted molar refractivity (Wildman–Crippen MR) is 76.4 cm³/mol. The van der Waals surface area contributed by atoms with Crippen LogP contribution in [0.25, 0.3) is 0 Å². The number of aryl methyl sites for hydroxylation is 1. The van der Waals surface area contributed by atoms with E-state index in [0.29, 0.717) is 16.5 Å². The minimum Gasteiger partial charge on any atom is -0.495 e. The molecule has 9 heteroatoms. The van der Waals surface area contributed by atoms with Gasteiger partial charge < -0.3 is 15.0 Å². The second-order valence-corrected chi connectivity index (χ2v) is 6.01. The lowest BCUT2D eigenvalue weighted by Gasteiger charge is -2.10. The number of hydrogen-bond donors (Lipinski definition) is 2. The third-order valence-corrected chi connectivity index (χ3v) is 4.37. The number of nitrogen functional groups attached to an aromatic ring is 1. The molecule has 0 aliphatic heterocycles. The number of imidazole rings is 1. The molecule has 1 aromatic heterocycles. The Hall–Kier alpha value is -1.93. The molecule has 1 aromatic carbocycles. The number of nitrogens with one attached hydrogen (secondary N) is 1. The van der Waals surface area contributed by atoms with E-state index in [-0.39, 0.29) is 10.8 Å². The first-order valence-electron chi connectivity index (χ1n) is 5.48. The zero-order valence-electron chi connectivity index (χ0n) is 10.8. The summed E-state index contributed by atoms with van der Waals surface area (Å²) in [6.07, 6.45) is 1.32. The van der Waals surface area contributed by atoms with Crippen molar-refractivity contribution in [2.45, 2.75) is 5.03 Å². The van der Waals surface area contributed by atoms with Crippen LogP contribution in [0.2, 0.25) is 5.02 Å². The van der Waals surface area contributed by atoms with Gasteiger partial charge in [0.05, 0.1) is 24.1 Å². The lowest BCUT2D eigenvalue weighted by molar-refractivity contribution is 0.415. The van der Waals surface area contributed by atoms with Crippen molar-refractivity contribution in [1.29, 1.82) is 0 Å². The second kappa shape index (κ2) is 5.22. The van der Waals surface area contributed by atoms with Crippen molar-refractivity contribution >= 4 is 33.1 Å². The molecule has 0 saturated heterocycles. The van der Waals surface area contributed by atoms with Gasteiger partial charge in [0.2, 0.25) is 0 Å². The van der Waals surface area contributed by atoms with Gasteiger partial charge in [-0.2, -0.15) is 8.42 Å². The number of anilines is 2. The molecular weight excluding hydrogens is 304 g/mol. The smallest absolute Gasteiger partial charge is 0.281 e. The van der Waals surface area contributed by atoms with Crippen LogP contribution in [0.5, 0.6) is 5.75 Å². The molecule has 2 aromatic rings. The van der Waals surface area contributed by atoms with Crippen molar-refractivity contribution in [2.75, 3.05) is 17.6 Å². The molecule has 0 aliphatic carbocycles. The average molecular weight is 317 g/mol. The number of benzene rings is 1. The third kappa shape index (κ3) is 2.66. The number of halogens is 1. The lowest BCUT2D eigenvalue weighted by Crippen LogP contribution is -2.17. The summed E-state index contributed by atoms with van der Waals surface area (Å²) in [4.78, 5) is 3.74. The van der Waals surface area contributed by atoms with Crippen molar-refractivity contribution < 1.29 is 13.2 Å². The molecule has 0 unspecified atom stereocenters. The summed E-state index contributed by atoms with van der Waals surface area (Å²) in [6.45, 7) is 0. The first kappa shape index (κ1) is 14.5. The fourth-order valence-corrected chi connectivity index (χ4v) is 3.24. The van der Waals surface area contributed by atoms with E-state index in [4.69, 9.17) is 22.1 Å². The van der Waals surface area contributed by atoms with E-state index in [9.17, 15) is 8.42 Å². The lowest BCUT2D eigenvalue weighted by atomic mass is 10.3. The van der Waals surface area contributed by atoms with Gasteiger partial charge in [-0.3, -0.25) is 4.72 Å². The second-order valence-electron chi connectivity index (χ2n) is 4.00. The fourth-order valence-electron chi connectivity index (χ4n) is 1.70. The number of hydrogen-bond acceptors (Lipinski definition) is 5. The molecule has 0 amide bonds. The molecule has 0 aliphatic rings. The number of aromatic nitrogens is 2. The van der Waals surface area contributed by atoms with Gasteiger partial charge in [0.1, 0.15) is 5.75 Å². The Morgan fingerprint density at radius 2 is 2.15 bits per heavy atom. The molecule has 0 atom stereocenters. The standard InChI is InChI=1S/C11H13ClN4O3S/c1-16-6-14-10(13)11(16)20(17,18)15-7-3-4-9(19-2)8(12)5-7/h3-6,15H,13H2,1-2H3. The summed E-state index contributed by atoms with van der Waals surface area (Å²) in [7, 11) is -0.827. The van der Waals surface area contributed by atoms with Gasteiger partial charge in [0.25, 0.3) is 10.0 Å². The fraction of sp³-hybridized carbons (Fsp3) is 0.182. The van der Waals surface area contributed by atoms with Crippen LogP contribution in [0.1, 0.15) is 0 Å². The number of rotatable bonds is 4. The topological polar surface area (TPSA) is 99.2 Å². The Morgan fingerprint density at radius 1 is 1.45 bits per heavy atom. The van der Waals surface area contributed by atoms with Crippen LogP contribution in [-0.4, -0.2) is 25.1 Å². The Morgan fingerprint density at radius 3 is 2.65 bits per heavy atom. The zero-order valence-corrected chi connectivity index (χ0v) is 12.4. The van der Waals surface area contributed by atoms with Crippen LogP contribution < -0.4 is 15.2 Å². The van der Waals surface area contributed by atoms with Gasteiger partial charge >= 0.3 is 0 Å². The van der Waals surface area contributed by atoms with Crippen molar-refractivity contribution in [3.8, 4) is 5.75 Å². The maximum absolute atomic E-state index is 12.2. The minimum absolute atomic E-state index is 0.0698. The highest BCUT2D eigenvalue weighted by molar-refractivity contribution is 7.92. The van der Waals surface area contributed by atoms with E-state index in [2.05, 4.69) is 9.71 Å². The van der Waals surface area contributed by atoms with Gasteiger partial charge in [-0.1, -0.05) is 11.6 Å². The van der Waals surface area contributed by atoms with Crippen LogP contribution in [0.15, 0.2) is 29.6 Å². The molecule has 1 heterocycles. The Balaban J connectivity index is 2.36. The van der Waals surface area contributed by atoms with Crippen LogP contribution in [0, 0.1) is 0 Å². The highest BCUT2D eigenvalue weighted by Gasteiger charge is 2.22. The normalized spacial score (nSPS) is 11.3. The van der Waals surface area contributed by atoms with Crippen LogP contribution in [-0.2, 0) is 17.1 Å². The highest BCUT2D eigenvalue weighted by Crippen LogP contribution is 2.28. The van der Waals surface area contributed by atoms with E-state index in [1.54, 1.807) is 13.1 Å². The SMILES string of the molecule is COc1ccc(NS(=O)(=O)c2c(N)ncn2C)cc1Cl. The quantitative estimate of drug-likeness (QED) is 0.889. The molecule has 20 heavy (non-hydrogen) atoms. The first-order valence-corrected chi connectivity index (χ1v) is 7.34. The van der Waals surface area contributed by atoms with Crippen LogP contribution in [0.3, 0.4) is 0 Å². The monoisotopic (exact) mass is 316 g/mol. The summed E-state index contributed by atoms with van der Waals surface area (Å²) >= 11 is 5.94. The summed E-state index contributed by atoms with van der Waals surface area (Å²) in [5.41, 5.74) is 5.86. The van der Waals surface area contributed by atoms with E-state index < -0.39 is 10.0 Å². The molecule has 2 rings (SSSR count). The summed E-state index contributed by atoms with van der Waals surface area (Å²) in [5, 5.41) is 0.190. The first-order chi connectivity index (χ1) is 9.35. The van der Waals surface area contributed by atoms with E-state index >= 15 is 0 Å². The third-order valence-electron chi connectivity index (χ3n) is 2.57. The molecule has 0 spiro atoms. The summed E-state index contributed by atoms with van der Waals surface area (Å²) < 4.78 is 33.2. The summed E-state index contributed by atoms with van der Waals surface area (Å²) in [5.74, 6) is 0.384. The van der Waals surface area contributed by atoms with Crippen molar-refractivity contribution in [2.24, 2.45) is 7.05 Å². The van der Waals surface area contributed by atoms with E-state index in [0.717, 1.165) is 0 Å². The maximum atomic E-state index is 12.2. The number of ether oxygens (including phenoxy) is 1. The molecular formula is C11H13ClN4O3S. The average Bonchev–Trinajstić information content (AvgIpc) is 2.69. The van der Waals surface area contributed by atoms with Crippen LogP contribution in [0.4, 0.5) is 11.5 Å². The predicted octanol–water partition coefficient (Wildman–Crippen LogP) is 1.47. The van der Waals surface area contributed by atoms with Gasteiger partial charge in [0.15, 0.2) is 10.8 Å². The van der Waals surface area contributed by atoms with Crippen molar-refractivity contribution in [3.05, 3.63) is 29.5 Å². The number of sulfonamides is 1. The molecule has 0 fully saturated rings. The Labute approximate surface area is 121 Å². The van der Waals surface area contributed by atoms with Crippen molar-refractivity contribution in [1.82, 2.24) is 9.55 Å². The van der Waals surface area contributed by atoms with Crippen LogP contribution >= 0.6 is 11.6 Å². The Kier molecular flexibility index (Phi) is 3.78. The largest absolute Gasteiger partial charge is 0.495 e. The molecule has 0 saturated carbocycles. The van der Waals surface area contributed by atoms with Gasteiger partial charge in [0, 0.05) is 7.05 Å². The van der Waals surface area contributed by atoms with E-state index in [1.165, 1.54) is 30.1 Å². The maximum Gasteiger partial charge on any atom is 0.281 e.